The topological polar surface area (TPSA) is 72.5 Å². The first-order valence-corrected chi connectivity index (χ1v) is 5.51. The molecule has 1 rings (SSSR count). The third kappa shape index (κ3) is 2.70. The lowest BCUT2D eigenvalue weighted by molar-refractivity contribution is -0.152. The summed E-state index contributed by atoms with van der Waals surface area (Å²) in [5, 5.41) is 10.2. The standard InChI is InChI=1S/C12H16ClNO3/c1-12(2,11(16)17-3)10(14)8-6-7(13)4-5-9(8)15/h4-6,10,15H,14H2,1-3H3/t10-/m0/s1. The number of benzene rings is 1. The summed E-state index contributed by atoms with van der Waals surface area (Å²) in [7, 11) is 1.30. The van der Waals surface area contributed by atoms with E-state index in [1.165, 1.54) is 13.2 Å². The van der Waals surface area contributed by atoms with Crippen molar-refractivity contribution in [2.75, 3.05) is 7.11 Å². The molecule has 94 valence electrons. The second-order valence-electron chi connectivity index (χ2n) is 4.39. The molecule has 0 amide bonds. The van der Waals surface area contributed by atoms with Crippen molar-refractivity contribution in [3.05, 3.63) is 28.8 Å². The lowest BCUT2D eigenvalue weighted by atomic mass is 9.81. The van der Waals surface area contributed by atoms with E-state index in [4.69, 9.17) is 22.1 Å². The van der Waals surface area contributed by atoms with Crippen molar-refractivity contribution < 1.29 is 14.6 Å². The third-order valence-electron chi connectivity index (χ3n) is 2.81. The SMILES string of the molecule is COC(=O)C(C)(C)[C@@H](N)c1cc(Cl)ccc1O. The van der Waals surface area contributed by atoms with Gasteiger partial charge in [0.1, 0.15) is 5.75 Å². The molecular weight excluding hydrogens is 242 g/mol. The first-order valence-electron chi connectivity index (χ1n) is 5.13. The first kappa shape index (κ1) is 13.8. The van der Waals surface area contributed by atoms with Gasteiger partial charge in [-0.1, -0.05) is 11.6 Å². The molecule has 5 heteroatoms. The molecule has 0 fully saturated rings. The largest absolute Gasteiger partial charge is 0.508 e. The van der Waals surface area contributed by atoms with Crippen LogP contribution in [0.15, 0.2) is 18.2 Å². The fourth-order valence-corrected chi connectivity index (χ4v) is 1.73. The number of ether oxygens (including phenoxy) is 1. The first-order chi connectivity index (χ1) is 7.80. The number of halogens is 1. The lowest BCUT2D eigenvalue weighted by Gasteiger charge is -2.29. The van der Waals surface area contributed by atoms with Crippen LogP contribution in [0.25, 0.3) is 0 Å². The Morgan fingerprint density at radius 1 is 1.53 bits per heavy atom. The molecule has 0 bridgehead atoms. The Labute approximate surface area is 105 Å². The van der Waals surface area contributed by atoms with Crippen molar-refractivity contribution in [3.8, 4) is 5.75 Å². The molecule has 0 aliphatic heterocycles. The number of carbonyl (C=O) groups is 1. The Balaban J connectivity index is 3.15. The van der Waals surface area contributed by atoms with Crippen LogP contribution in [0.3, 0.4) is 0 Å². The molecule has 0 aromatic heterocycles. The highest BCUT2D eigenvalue weighted by Crippen LogP contribution is 2.37. The molecule has 0 aliphatic rings. The molecule has 0 spiro atoms. The summed E-state index contributed by atoms with van der Waals surface area (Å²) in [5.41, 5.74) is 5.48. The molecule has 0 radical (unpaired) electrons. The zero-order valence-corrected chi connectivity index (χ0v) is 10.8. The van der Waals surface area contributed by atoms with Crippen LogP contribution in [0.4, 0.5) is 0 Å². The summed E-state index contributed by atoms with van der Waals surface area (Å²) in [6.07, 6.45) is 0. The smallest absolute Gasteiger partial charge is 0.313 e. The number of hydrogen-bond acceptors (Lipinski definition) is 4. The van der Waals surface area contributed by atoms with Crippen LogP contribution in [-0.4, -0.2) is 18.2 Å². The number of carbonyl (C=O) groups excluding carboxylic acids is 1. The molecule has 1 atom stereocenters. The summed E-state index contributed by atoms with van der Waals surface area (Å²) in [6.45, 7) is 3.31. The molecular formula is C12H16ClNO3. The quantitative estimate of drug-likeness (QED) is 0.815. The fourth-order valence-electron chi connectivity index (χ4n) is 1.55. The minimum atomic E-state index is -0.948. The summed E-state index contributed by atoms with van der Waals surface area (Å²) in [4.78, 5) is 11.6. The van der Waals surface area contributed by atoms with E-state index in [-0.39, 0.29) is 5.75 Å². The van der Waals surface area contributed by atoms with Gasteiger partial charge in [-0.2, -0.15) is 0 Å². The van der Waals surface area contributed by atoms with E-state index in [1.807, 2.05) is 0 Å². The number of phenolic OH excluding ortho intramolecular Hbond substituents is 1. The maximum absolute atomic E-state index is 11.6. The molecule has 17 heavy (non-hydrogen) atoms. The van der Waals surface area contributed by atoms with Gasteiger partial charge in [0.25, 0.3) is 0 Å². The third-order valence-corrected chi connectivity index (χ3v) is 3.05. The van der Waals surface area contributed by atoms with E-state index in [0.29, 0.717) is 10.6 Å². The highest BCUT2D eigenvalue weighted by Gasteiger charge is 2.37. The van der Waals surface area contributed by atoms with Crippen LogP contribution in [-0.2, 0) is 9.53 Å². The molecule has 0 unspecified atom stereocenters. The minimum Gasteiger partial charge on any atom is -0.508 e. The maximum Gasteiger partial charge on any atom is 0.313 e. The zero-order chi connectivity index (χ0) is 13.2. The predicted molar refractivity (Wildman–Crippen MR) is 65.8 cm³/mol. The van der Waals surface area contributed by atoms with Gasteiger partial charge in [-0.25, -0.2) is 0 Å². The summed E-state index contributed by atoms with van der Waals surface area (Å²) in [6, 6.07) is 3.85. The Kier molecular flexibility index (Phi) is 4.01. The Morgan fingerprint density at radius 2 is 2.12 bits per heavy atom. The lowest BCUT2D eigenvalue weighted by Crippen LogP contribution is -2.37. The molecule has 0 saturated carbocycles. The highest BCUT2D eigenvalue weighted by atomic mass is 35.5. The van der Waals surface area contributed by atoms with Crippen LogP contribution in [0, 0.1) is 5.41 Å². The Bertz CT molecular complexity index is 432. The predicted octanol–water partition coefficient (Wildman–Crippen LogP) is 2.24. The van der Waals surface area contributed by atoms with Crippen LogP contribution >= 0.6 is 11.6 Å². The number of hydrogen-bond donors (Lipinski definition) is 2. The van der Waals surface area contributed by atoms with Crippen LogP contribution in [0.2, 0.25) is 5.02 Å². The maximum atomic E-state index is 11.6. The minimum absolute atomic E-state index is 0.0129. The van der Waals surface area contributed by atoms with Crippen molar-refractivity contribution in [1.82, 2.24) is 0 Å². The van der Waals surface area contributed by atoms with Gasteiger partial charge in [0.15, 0.2) is 0 Å². The molecule has 0 aliphatic carbocycles. The molecule has 0 heterocycles. The van der Waals surface area contributed by atoms with Crippen molar-refractivity contribution in [1.29, 1.82) is 0 Å². The molecule has 0 saturated heterocycles. The van der Waals surface area contributed by atoms with Crippen molar-refractivity contribution >= 4 is 17.6 Å². The second-order valence-corrected chi connectivity index (χ2v) is 4.83. The highest BCUT2D eigenvalue weighted by molar-refractivity contribution is 6.30. The van der Waals surface area contributed by atoms with Crippen LogP contribution < -0.4 is 5.73 Å². The Morgan fingerprint density at radius 3 is 2.65 bits per heavy atom. The van der Waals surface area contributed by atoms with E-state index in [2.05, 4.69) is 0 Å². The number of methoxy groups -OCH3 is 1. The number of aromatic hydroxyl groups is 1. The molecule has 1 aromatic rings. The zero-order valence-electron chi connectivity index (χ0n) is 10.0. The van der Waals surface area contributed by atoms with Gasteiger partial charge in [-0.05, 0) is 32.0 Å². The normalized spacial score (nSPS) is 13.2. The number of esters is 1. The average molecular weight is 258 g/mol. The van der Waals surface area contributed by atoms with Crippen molar-refractivity contribution in [2.45, 2.75) is 19.9 Å². The summed E-state index contributed by atoms with van der Waals surface area (Å²) >= 11 is 5.84. The van der Waals surface area contributed by atoms with Gasteiger partial charge in [0, 0.05) is 16.6 Å². The summed E-state index contributed by atoms with van der Waals surface area (Å²) in [5.74, 6) is -0.428. The van der Waals surface area contributed by atoms with Crippen LogP contribution in [0.5, 0.6) is 5.75 Å². The molecule has 4 nitrogen and oxygen atoms in total. The van der Waals surface area contributed by atoms with Gasteiger partial charge in [0.2, 0.25) is 0 Å². The van der Waals surface area contributed by atoms with E-state index >= 15 is 0 Å². The molecule has 1 aromatic carbocycles. The van der Waals surface area contributed by atoms with Gasteiger partial charge in [0.05, 0.1) is 12.5 Å². The van der Waals surface area contributed by atoms with Crippen molar-refractivity contribution in [3.63, 3.8) is 0 Å². The van der Waals surface area contributed by atoms with Crippen LogP contribution in [0.1, 0.15) is 25.5 Å². The second kappa shape index (κ2) is 4.94. The Hall–Kier alpha value is -1.26. The average Bonchev–Trinajstić information content (AvgIpc) is 2.30. The van der Waals surface area contributed by atoms with Gasteiger partial charge in [-0.3, -0.25) is 4.79 Å². The monoisotopic (exact) mass is 257 g/mol. The van der Waals surface area contributed by atoms with Gasteiger partial charge in [-0.15, -0.1) is 0 Å². The molecule has 3 N–H and O–H groups in total. The van der Waals surface area contributed by atoms with Gasteiger partial charge < -0.3 is 15.6 Å². The number of rotatable bonds is 3. The van der Waals surface area contributed by atoms with E-state index < -0.39 is 17.4 Å². The van der Waals surface area contributed by atoms with Crippen molar-refractivity contribution in [2.24, 2.45) is 11.1 Å². The van der Waals surface area contributed by atoms with Gasteiger partial charge >= 0.3 is 5.97 Å². The van der Waals surface area contributed by atoms with E-state index in [1.54, 1.807) is 26.0 Å². The summed E-state index contributed by atoms with van der Waals surface area (Å²) < 4.78 is 4.69. The van der Waals surface area contributed by atoms with E-state index in [0.717, 1.165) is 0 Å². The number of phenols is 1. The number of nitrogens with two attached hydrogens (primary N) is 1. The van der Waals surface area contributed by atoms with E-state index in [9.17, 15) is 9.90 Å². The fraction of sp³-hybridized carbons (Fsp3) is 0.417.